The van der Waals surface area contributed by atoms with Gasteiger partial charge in [-0.25, -0.2) is 0 Å². The molecule has 1 N–H and O–H groups in total. The summed E-state index contributed by atoms with van der Waals surface area (Å²) in [4.78, 5) is 0. The van der Waals surface area contributed by atoms with Crippen LogP contribution in [0.5, 0.6) is 0 Å². The van der Waals surface area contributed by atoms with Crippen LogP contribution in [-0.4, -0.2) is 26.8 Å². The Morgan fingerprint density at radius 3 is 3.00 bits per heavy atom. The fraction of sp³-hybridized carbons (Fsp3) is 0.364. The molecule has 0 saturated carbocycles. The average Bonchev–Trinajstić information content (AvgIpc) is 2.81. The highest BCUT2D eigenvalue weighted by Gasteiger charge is 2.16. The quantitative estimate of drug-likeness (QED) is 0.771. The fourth-order valence-electron chi connectivity index (χ4n) is 1.68. The lowest BCUT2D eigenvalue weighted by atomic mass is 10.3. The lowest BCUT2D eigenvalue weighted by Crippen LogP contribution is -2.21. The Hall–Kier alpha value is -0.540. The molecule has 0 fully saturated rings. The zero-order valence-corrected chi connectivity index (χ0v) is 13.8. The number of tetrazole rings is 1. The van der Waals surface area contributed by atoms with Gasteiger partial charge < -0.3 is 5.32 Å². The Balaban J connectivity index is 2.45. The van der Waals surface area contributed by atoms with Gasteiger partial charge in [0.05, 0.1) is 11.7 Å². The minimum atomic E-state index is 0.111. The van der Waals surface area contributed by atoms with Crippen molar-refractivity contribution in [2.75, 3.05) is 6.54 Å². The molecule has 5 nitrogen and oxygen atoms in total. The predicted octanol–water partition coefficient (Wildman–Crippen LogP) is 2.70. The van der Waals surface area contributed by atoms with Crippen molar-refractivity contribution in [3.63, 3.8) is 0 Å². The molecule has 0 amide bonds. The second-order valence-corrected chi connectivity index (χ2v) is 5.90. The van der Waals surface area contributed by atoms with E-state index in [4.69, 9.17) is 0 Å². The van der Waals surface area contributed by atoms with Gasteiger partial charge in [0, 0.05) is 8.04 Å². The van der Waals surface area contributed by atoms with Gasteiger partial charge in [-0.15, -0.1) is 5.10 Å². The van der Waals surface area contributed by atoms with Crippen molar-refractivity contribution in [2.24, 2.45) is 0 Å². The summed E-state index contributed by atoms with van der Waals surface area (Å²) in [5, 5.41) is 15.3. The van der Waals surface area contributed by atoms with Gasteiger partial charge in [0.1, 0.15) is 0 Å². The first kappa shape index (κ1) is 13.9. The molecule has 1 atom stereocenters. The Bertz CT molecular complexity index is 542. The van der Waals surface area contributed by atoms with Gasteiger partial charge in [-0.1, -0.05) is 22.9 Å². The van der Waals surface area contributed by atoms with E-state index in [2.05, 4.69) is 73.2 Å². The van der Waals surface area contributed by atoms with Gasteiger partial charge in [0.2, 0.25) is 0 Å². The molecule has 96 valence electrons. The van der Waals surface area contributed by atoms with Crippen molar-refractivity contribution < 1.29 is 0 Å². The normalized spacial score (nSPS) is 12.7. The summed E-state index contributed by atoms with van der Waals surface area (Å²) in [6.07, 6.45) is 0. The largest absolute Gasteiger partial charge is 0.308 e. The third-order valence-electron chi connectivity index (χ3n) is 2.53. The zero-order valence-electron chi connectivity index (χ0n) is 10.1. The Morgan fingerprint density at radius 1 is 1.50 bits per heavy atom. The lowest BCUT2D eigenvalue weighted by Gasteiger charge is -2.13. The van der Waals surface area contributed by atoms with E-state index in [1.54, 1.807) is 4.68 Å². The summed E-state index contributed by atoms with van der Waals surface area (Å²) in [5.74, 6) is 0.813. The molecule has 0 aliphatic heterocycles. The van der Waals surface area contributed by atoms with E-state index in [0.717, 1.165) is 26.1 Å². The molecule has 2 aromatic rings. The van der Waals surface area contributed by atoms with Gasteiger partial charge in [-0.2, -0.15) is 4.68 Å². The number of rotatable bonds is 4. The number of nitrogens with one attached hydrogen (secondary N) is 1. The number of hydrogen-bond acceptors (Lipinski definition) is 4. The van der Waals surface area contributed by atoms with Crippen LogP contribution in [0.4, 0.5) is 0 Å². The third kappa shape index (κ3) is 2.89. The minimum absolute atomic E-state index is 0.111. The van der Waals surface area contributed by atoms with Crippen LogP contribution in [0.25, 0.3) is 5.69 Å². The molecular weight excluding hydrogens is 409 g/mol. The second-order valence-electron chi connectivity index (χ2n) is 3.82. The molecule has 0 saturated heterocycles. The summed E-state index contributed by atoms with van der Waals surface area (Å²) in [6.45, 7) is 4.99. The van der Waals surface area contributed by atoms with E-state index in [1.165, 1.54) is 0 Å². The van der Waals surface area contributed by atoms with Gasteiger partial charge in [-0.3, -0.25) is 0 Å². The molecule has 1 aromatic carbocycles. The molecule has 0 spiro atoms. The van der Waals surface area contributed by atoms with E-state index >= 15 is 0 Å². The predicted molar refractivity (Wildman–Crippen MR) is 81.7 cm³/mol. The van der Waals surface area contributed by atoms with Crippen molar-refractivity contribution in [3.8, 4) is 5.69 Å². The smallest absolute Gasteiger partial charge is 0.173 e. The van der Waals surface area contributed by atoms with Crippen molar-refractivity contribution in [1.82, 2.24) is 25.5 Å². The maximum atomic E-state index is 4.10. The molecule has 1 aromatic heterocycles. The maximum absolute atomic E-state index is 4.10. The van der Waals surface area contributed by atoms with Gasteiger partial charge in [0.25, 0.3) is 0 Å². The monoisotopic (exact) mass is 421 g/mol. The van der Waals surface area contributed by atoms with Gasteiger partial charge >= 0.3 is 0 Å². The van der Waals surface area contributed by atoms with Gasteiger partial charge in [-0.05, 0) is 64.7 Å². The highest BCUT2D eigenvalue weighted by atomic mass is 127. The van der Waals surface area contributed by atoms with Crippen LogP contribution in [0.3, 0.4) is 0 Å². The molecule has 7 heteroatoms. The summed E-state index contributed by atoms with van der Waals surface area (Å²) < 4.78 is 3.89. The number of nitrogens with zero attached hydrogens (tertiary/aromatic N) is 4. The summed E-state index contributed by atoms with van der Waals surface area (Å²) in [5.41, 5.74) is 0.981. The number of aromatic nitrogens is 4. The van der Waals surface area contributed by atoms with E-state index in [0.29, 0.717) is 0 Å². The van der Waals surface area contributed by atoms with Crippen molar-refractivity contribution >= 4 is 38.5 Å². The molecule has 2 rings (SSSR count). The SMILES string of the molecule is CCNC(C)c1nnnn1-c1cc(Br)ccc1I. The van der Waals surface area contributed by atoms with Crippen LogP contribution in [0.1, 0.15) is 25.7 Å². The zero-order chi connectivity index (χ0) is 13.1. The van der Waals surface area contributed by atoms with Crippen LogP contribution in [0, 0.1) is 3.57 Å². The van der Waals surface area contributed by atoms with Gasteiger partial charge in [0.15, 0.2) is 5.82 Å². The third-order valence-corrected chi connectivity index (χ3v) is 3.93. The van der Waals surface area contributed by atoms with Crippen LogP contribution in [0.2, 0.25) is 0 Å². The lowest BCUT2D eigenvalue weighted by molar-refractivity contribution is 0.550. The fourth-order valence-corrected chi connectivity index (χ4v) is 2.59. The highest BCUT2D eigenvalue weighted by molar-refractivity contribution is 14.1. The van der Waals surface area contributed by atoms with Crippen LogP contribution < -0.4 is 5.32 Å². The van der Waals surface area contributed by atoms with E-state index < -0.39 is 0 Å². The van der Waals surface area contributed by atoms with E-state index in [1.807, 2.05) is 18.2 Å². The average molecular weight is 422 g/mol. The summed E-state index contributed by atoms with van der Waals surface area (Å²) >= 11 is 5.76. The second kappa shape index (κ2) is 6.07. The molecule has 18 heavy (non-hydrogen) atoms. The molecule has 0 aliphatic rings. The Labute approximate surface area is 128 Å². The van der Waals surface area contributed by atoms with Crippen molar-refractivity contribution in [1.29, 1.82) is 0 Å². The molecule has 0 bridgehead atoms. The number of halogens is 2. The first-order chi connectivity index (χ1) is 8.63. The van der Waals surface area contributed by atoms with Crippen LogP contribution >= 0.6 is 38.5 Å². The van der Waals surface area contributed by atoms with Crippen molar-refractivity contribution in [2.45, 2.75) is 19.9 Å². The standard InChI is InChI=1S/C11H13BrIN5/c1-3-14-7(2)11-15-16-17-18(11)10-6-8(12)4-5-9(10)13/h4-7,14H,3H2,1-2H3. The van der Waals surface area contributed by atoms with Crippen LogP contribution in [0.15, 0.2) is 22.7 Å². The number of hydrogen-bond donors (Lipinski definition) is 1. The minimum Gasteiger partial charge on any atom is -0.308 e. The summed E-state index contributed by atoms with van der Waals surface area (Å²) in [6, 6.07) is 6.16. The molecule has 1 unspecified atom stereocenters. The van der Waals surface area contributed by atoms with Crippen LogP contribution in [-0.2, 0) is 0 Å². The Morgan fingerprint density at radius 2 is 2.28 bits per heavy atom. The maximum Gasteiger partial charge on any atom is 0.173 e. The molecular formula is C11H13BrIN5. The topological polar surface area (TPSA) is 55.6 Å². The molecule has 0 radical (unpaired) electrons. The highest BCUT2D eigenvalue weighted by Crippen LogP contribution is 2.23. The molecule has 0 aliphatic carbocycles. The molecule has 1 heterocycles. The Kier molecular flexibility index (Phi) is 4.68. The summed E-state index contributed by atoms with van der Waals surface area (Å²) in [7, 11) is 0. The first-order valence-electron chi connectivity index (χ1n) is 5.60. The number of benzene rings is 1. The van der Waals surface area contributed by atoms with E-state index in [-0.39, 0.29) is 6.04 Å². The first-order valence-corrected chi connectivity index (χ1v) is 7.47. The van der Waals surface area contributed by atoms with Crippen molar-refractivity contribution in [3.05, 3.63) is 32.1 Å². The van der Waals surface area contributed by atoms with E-state index in [9.17, 15) is 0 Å².